The van der Waals surface area contributed by atoms with E-state index in [1.165, 1.54) is 44.8 Å². The Morgan fingerprint density at radius 3 is 2.48 bits per heavy atom. The number of hydrogen-bond donors (Lipinski definition) is 1. The van der Waals surface area contributed by atoms with Gasteiger partial charge in [-0.25, -0.2) is 13.1 Å². The summed E-state index contributed by atoms with van der Waals surface area (Å²) in [5.74, 6) is 0. The maximum absolute atomic E-state index is 11.3. The fourth-order valence-corrected chi connectivity index (χ4v) is 4.21. The number of piperidine rings is 1. The number of rotatable bonds is 6. The first-order valence-corrected chi connectivity index (χ1v) is 10.2. The Morgan fingerprint density at radius 2 is 1.81 bits per heavy atom. The molecule has 6 heteroatoms. The van der Waals surface area contributed by atoms with Crippen molar-refractivity contribution in [1.29, 1.82) is 0 Å². The molecular formula is C15H30N2O3S. The summed E-state index contributed by atoms with van der Waals surface area (Å²) >= 11 is 0. The zero-order valence-electron chi connectivity index (χ0n) is 13.2. The Kier molecular flexibility index (Phi) is 6.92. The first-order valence-electron chi connectivity index (χ1n) is 8.34. The van der Waals surface area contributed by atoms with Gasteiger partial charge < -0.3 is 4.74 Å². The largest absolute Gasteiger partial charge is 0.377 e. The van der Waals surface area contributed by atoms with Gasteiger partial charge in [0.05, 0.1) is 19.0 Å². The highest BCUT2D eigenvalue weighted by Crippen LogP contribution is 2.20. The number of hydrogen-bond acceptors (Lipinski definition) is 4. The minimum Gasteiger partial charge on any atom is -0.377 e. The van der Waals surface area contributed by atoms with Crippen molar-refractivity contribution >= 4 is 10.0 Å². The summed E-state index contributed by atoms with van der Waals surface area (Å²) in [6.07, 6.45) is 11.4. The van der Waals surface area contributed by atoms with Crippen molar-refractivity contribution in [3.8, 4) is 0 Å². The first-order chi connectivity index (χ1) is 10.0. The zero-order valence-corrected chi connectivity index (χ0v) is 14.0. The third-order valence-electron chi connectivity index (χ3n) is 4.45. The van der Waals surface area contributed by atoms with Crippen LogP contribution in [0.4, 0.5) is 0 Å². The lowest BCUT2D eigenvalue weighted by Gasteiger charge is -2.32. The third-order valence-corrected chi connectivity index (χ3v) is 5.21. The lowest BCUT2D eigenvalue weighted by Crippen LogP contribution is -2.48. The highest BCUT2D eigenvalue weighted by Gasteiger charge is 2.22. The van der Waals surface area contributed by atoms with Crippen molar-refractivity contribution in [1.82, 2.24) is 9.62 Å². The number of sulfonamides is 1. The van der Waals surface area contributed by atoms with Gasteiger partial charge in [-0.1, -0.05) is 25.7 Å². The van der Waals surface area contributed by atoms with E-state index in [1.807, 2.05) is 0 Å². The highest BCUT2D eigenvalue weighted by molar-refractivity contribution is 7.88. The molecule has 0 spiro atoms. The Labute approximate surface area is 129 Å². The van der Waals surface area contributed by atoms with Crippen LogP contribution in [0.3, 0.4) is 0 Å². The van der Waals surface area contributed by atoms with Gasteiger partial charge in [0.15, 0.2) is 0 Å². The fourth-order valence-electron chi connectivity index (χ4n) is 3.41. The molecule has 124 valence electrons. The topological polar surface area (TPSA) is 58.6 Å². The SMILES string of the molecule is CS(=O)(=O)N[C@H]1CCCN(CCOC2CCCCCC2)C1. The van der Waals surface area contributed by atoms with Crippen LogP contribution in [0.1, 0.15) is 51.4 Å². The number of likely N-dealkylation sites (tertiary alicyclic amines) is 1. The van der Waals surface area contributed by atoms with E-state index in [2.05, 4.69) is 9.62 Å². The van der Waals surface area contributed by atoms with Crippen LogP contribution in [0.25, 0.3) is 0 Å². The number of nitrogens with zero attached hydrogens (tertiary/aromatic N) is 1. The van der Waals surface area contributed by atoms with E-state index < -0.39 is 10.0 Å². The predicted molar refractivity (Wildman–Crippen MR) is 84.9 cm³/mol. The molecule has 0 aromatic heterocycles. The quantitative estimate of drug-likeness (QED) is 0.758. The molecule has 1 aliphatic heterocycles. The molecule has 1 heterocycles. The molecule has 1 atom stereocenters. The molecule has 0 bridgehead atoms. The summed E-state index contributed by atoms with van der Waals surface area (Å²) in [4.78, 5) is 2.32. The van der Waals surface area contributed by atoms with Crippen LogP contribution in [0.2, 0.25) is 0 Å². The minimum absolute atomic E-state index is 0.0617. The second-order valence-electron chi connectivity index (χ2n) is 6.51. The first kappa shape index (κ1) is 17.2. The number of nitrogens with one attached hydrogen (secondary N) is 1. The summed E-state index contributed by atoms with van der Waals surface area (Å²) in [6, 6.07) is 0.0617. The molecule has 0 aromatic carbocycles. The van der Waals surface area contributed by atoms with Gasteiger partial charge >= 0.3 is 0 Å². The van der Waals surface area contributed by atoms with Gasteiger partial charge in [0.1, 0.15) is 0 Å². The highest BCUT2D eigenvalue weighted by atomic mass is 32.2. The van der Waals surface area contributed by atoms with Crippen LogP contribution in [0.5, 0.6) is 0 Å². The molecule has 0 radical (unpaired) electrons. The zero-order chi connectivity index (χ0) is 15.1. The van der Waals surface area contributed by atoms with Crippen LogP contribution in [0, 0.1) is 0 Å². The maximum atomic E-state index is 11.3. The molecule has 1 N–H and O–H groups in total. The summed E-state index contributed by atoms with van der Waals surface area (Å²) in [5.41, 5.74) is 0. The van der Waals surface area contributed by atoms with E-state index in [1.54, 1.807) is 0 Å². The van der Waals surface area contributed by atoms with E-state index >= 15 is 0 Å². The average Bonchev–Trinajstić information content (AvgIpc) is 2.66. The van der Waals surface area contributed by atoms with Crippen molar-refractivity contribution in [2.75, 3.05) is 32.5 Å². The molecule has 2 aliphatic rings. The summed E-state index contributed by atoms with van der Waals surface area (Å²) in [6.45, 7) is 3.55. The smallest absolute Gasteiger partial charge is 0.208 e. The molecule has 1 saturated heterocycles. The normalized spacial score (nSPS) is 26.6. The van der Waals surface area contributed by atoms with E-state index in [0.29, 0.717) is 6.10 Å². The van der Waals surface area contributed by atoms with E-state index in [0.717, 1.165) is 39.1 Å². The van der Waals surface area contributed by atoms with Crippen molar-refractivity contribution in [2.45, 2.75) is 63.5 Å². The summed E-state index contributed by atoms with van der Waals surface area (Å²) < 4.78 is 31.4. The van der Waals surface area contributed by atoms with E-state index in [4.69, 9.17) is 4.74 Å². The van der Waals surface area contributed by atoms with Gasteiger partial charge in [-0.2, -0.15) is 0 Å². The van der Waals surface area contributed by atoms with Crippen molar-refractivity contribution in [2.24, 2.45) is 0 Å². The molecule has 5 nitrogen and oxygen atoms in total. The van der Waals surface area contributed by atoms with Gasteiger partial charge in [-0.05, 0) is 32.2 Å². The Bertz CT molecular complexity index is 392. The van der Waals surface area contributed by atoms with Crippen LogP contribution < -0.4 is 4.72 Å². The molecule has 2 fully saturated rings. The van der Waals surface area contributed by atoms with Gasteiger partial charge in [0.2, 0.25) is 10.0 Å². The fraction of sp³-hybridized carbons (Fsp3) is 1.00. The molecule has 0 amide bonds. The molecule has 1 aliphatic carbocycles. The van der Waals surface area contributed by atoms with Crippen LogP contribution in [-0.4, -0.2) is 58.0 Å². The van der Waals surface area contributed by atoms with Crippen molar-refractivity contribution in [3.05, 3.63) is 0 Å². The molecule has 1 saturated carbocycles. The Hall–Kier alpha value is -0.170. The van der Waals surface area contributed by atoms with Gasteiger partial charge in [0.25, 0.3) is 0 Å². The van der Waals surface area contributed by atoms with Gasteiger partial charge in [0, 0.05) is 19.1 Å². The number of ether oxygens (including phenoxy) is 1. The second-order valence-corrected chi connectivity index (χ2v) is 8.29. The maximum Gasteiger partial charge on any atom is 0.208 e. The van der Waals surface area contributed by atoms with Crippen LogP contribution >= 0.6 is 0 Å². The second kappa shape index (κ2) is 8.46. The molecule has 21 heavy (non-hydrogen) atoms. The monoisotopic (exact) mass is 318 g/mol. The molecule has 2 rings (SSSR count). The van der Waals surface area contributed by atoms with E-state index in [9.17, 15) is 8.42 Å². The Balaban J connectivity index is 1.65. The lowest BCUT2D eigenvalue weighted by atomic mass is 10.1. The van der Waals surface area contributed by atoms with Gasteiger partial charge in [-0.15, -0.1) is 0 Å². The van der Waals surface area contributed by atoms with Crippen LogP contribution in [-0.2, 0) is 14.8 Å². The van der Waals surface area contributed by atoms with Crippen molar-refractivity contribution < 1.29 is 13.2 Å². The molecule has 0 unspecified atom stereocenters. The minimum atomic E-state index is -3.10. The lowest BCUT2D eigenvalue weighted by molar-refractivity contribution is 0.0247. The van der Waals surface area contributed by atoms with E-state index in [-0.39, 0.29) is 6.04 Å². The van der Waals surface area contributed by atoms with Crippen molar-refractivity contribution in [3.63, 3.8) is 0 Å². The standard InChI is InChI=1S/C15H30N2O3S/c1-21(18,19)16-14-7-6-10-17(13-14)11-12-20-15-8-4-2-3-5-9-15/h14-16H,2-13H2,1H3/t14-/m0/s1. The summed E-state index contributed by atoms with van der Waals surface area (Å²) in [7, 11) is -3.10. The molecular weight excluding hydrogens is 288 g/mol. The Morgan fingerprint density at radius 1 is 1.10 bits per heavy atom. The predicted octanol–water partition coefficient (Wildman–Crippen LogP) is 1.74. The average molecular weight is 318 g/mol. The summed E-state index contributed by atoms with van der Waals surface area (Å²) in [5, 5.41) is 0. The third kappa shape index (κ3) is 7.08. The molecule has 0 aromatic rings. The van der Waals surface area contributed by atoms with Gasteiger partial charge in [-0.3, -0.25) is 4.90 Å². The van der Waals surface area contributed by atoms with Crippen LogP contribution in [0.15, 0.2) is 0 Å².